The van der Waals surface area contributed by atoms with Gasteiger partial charge in [0, 0.05) is 12.1 Å². The summed E-state index contributed by atoms with van der Waals surface area (Å²) in [5.41, 5.74) is 2.12. The Kier molecular flexibility index (Phi) is 10.4. The van der Waals surface area contributed by atoms with Crippen molar-refractivity contribution in [2.45, 2.75) is 84.5 Å². The summed E-state index contributed by atoms with van der Waals surface area (Å²) in [6.07, 6.45) is 13.7. The van der Waals surface area contributed by atoms with Crippen molar-refractivity contribution in [3.8, 4) is 0 Å². The topological polar surface area (TPSA) is 29.1 Å². The Morgan fingerprint density at radius 1 is 0.818 bits per heavy atom. The van der Waals surface area contributed by atoms with E-state index >= 15 is 0 Å². The smallest absolute Gasteiger partial charge is 0.224 e. The molecule has 2 nitrogen and oxygen atoms in total. The van der Waals surface area contributed by atoms with E-state index in [-0.39, 0.29) is 5.91 Å². The molecule has 0 saturated carbocycles. The predicted molar refractivity (Wildman–Crippen MR) is 96.3 cm³/mol. The maximum Gasteiger partial charge on any atom is 0.224 e. The van der Waals surface area contributed by atoms with Crippen molar-refractivity contribution in [2.75, 3.05) is 5.32 Å². The number of hydrogen-bond donors (Lipinski definition) is 1. The first-order chi connectivity index (χ1) is 10.7. The average Bonchev–Trinajstić information content (AvgIpc) is 2.51. The van der Waals surface area contributed by atoms with Gasteiger partial charge in [0.25, 0.3) is 0 Å². The zero-order chi connectivity index (χ0) is 16.0. The van der Waals surface area contributed by atoms with Gasteiger partial charge in [-0.1, -0.05) is 82.4 Å². The van der Waals surface area contributed by atoms with E-state index in [9.17, 15) is 4.79 Å². The van der Waals surface area contributed by atoms with Crippen LogP contribution in [0.25, 0.3) is 0 Å². The Morgan fingerprint density at radius 3 is 1.86 bits per heavy atom. The van der Waals surface area contributed by atoms with Crippen molar-refractivity contribution in [1.29, 1.82) is 0 Å². The third-order valence-corrected chi connectivity index (χ3v) is 4.09. The van der Waals surface area contributed by atoms with Crippen molar-refractivity contribution in [3.05, 3.63) is 29.8 Å². The number of hydrogen-bond acceptors (Lipinski definition) is 1. The van der Waals surface area contributed by atoms with E-state index in [1.807, 2.05) is 24.3 Å². The summed E-state index contributed by atoms with van der Waals surface area (Å²) in [4.78, 5) is 11.8. The molecule has 0 atom stereocenters. The molecule has 0 aliphatic heterocycles. The van der Waals surface area contributed by atoms with Crippen LogP contribution >= 0.6 is 0 Å². The number of unbranched alkanes of at least 4 members (excludes halogenated alkanes) is 9. The van der Waals surface area contributed by atoms with Gasteiger partial charge in [-0.15, -0.1) is 0 Å². The summed E-state index contributed by atoms with van der Waals surface area (Å²) in [6, 6.07) is 7.98. The van der Waals surface area contributed by atoms with Gasteiger partial charge in [0.1, 0.15) is 0 Å². The summed E-state index contributed by atoms with van der Waals surface area (Å²) in [5.74, 6) is 0.142. The van der Waals surface area contributed by atoms with E-state index in [0.717, 1.165) is 12.1 Å². The molecule has 124 valence electrons. The van der Waals surface area contributed by atoms with E-state index in [1.165, 1.54) is 63.4 Å². The standard InChI is InChI=1S/C20H33NO/c1-3-4-5-6-7-8-9-10-11-12-13-20(22)21-19-16-14-18(2)15-17-19/h14-17H,3-13H2,1-2H3,(H,21,22). The van der Waals surface area contributed by atoms with Crippen LogP contribution in [0, 0.1) is 6.92 Å². The highest BCUT2D eigenvalue weighted by molar-refractivity contribution is 5.90. The van der Waals surface area contributed by atoms with Crippen molar-refractivity contribution < 1.29 is 4.79 Å². The first-order valence-electron chi connectivity index (χ1n) is 9.09. The molecule has 22 heavy (non-hydrogen) atoms. The largest absolute Gasteiger partial charge is 0.326 e. The molecule has 0 aliphatic rings. The molecule has 1 amide bonds. The van der Waals surface area contributed by atoms with Gasteiger partial charge >= 0.3 is 0 Å². The molecule has 0 unspecified atom stereocenters. The molecule has 0 aromatic heterocycles. The van der Waals surface area contributed by atoms with Crippen molar-refractivity contribution in [1.82, 2.24) is 0 Å². The zero-order valence-corrected chi connectivity index (χ0v) is 14.5. The maximum atomic E-state index is 11.8. The second-order valence-corrected chi connectivity index (χ2v) is 6.35. The fourth-order valence-electron chi connectivity index (χ4n) is 2.63. The molecule has 1 rings (SSSR count). The first kappa shape index (κ1) is 18.7. The van der Waals surface area contributed by atoms with E-state index in [2.05, 4.69) is 19.2 Å². The normalized spacial score (nSPS) is 10.6. The number of carbonyl (C=O) groups excluding carboxylic acids is 1. The molecule has 0 spiro atoms. The van der Waals surface area contributed by atoms with Crippen LogP contribution in [0.3, 0.4) is 0 Å². The van der Waals surface area contributed by atoms with Crippen molar-refractivity contribution in [2.24, 2.45) is 0 Å². The maximum absolute atomic E-state index is 11.8. The van der Waals surface area contributed by atoms with Crippen molar-refractivity contribution in [3.63, 3.8) is 0 Å². The number of amides is 1. The molecule has 1 aromatic carbocycles. The van der Waals surface area contributed by atoms with Gasteiger partial charge in [0.05, 0.1) is 0 Å². The highest BCUT2D eigenvalue weighted by Crippen LogP contribution is 2.12. The lowest BCUT2D eigenvalue weighted by Gasteiger charge is -2.05. The number of benzene rings is 1. The third kappa shape index (κ3) is 9.59. The SMILES string of the molecule is CCCCCCCCCCCCC(=O)Nc1ccc(C)cc1. The molecular formula is C20H33NO. The van der Waals surface area contributed by atoms with Gasteiger partial charge in [-0.05, 0) is 25.5 Å². The zero-order valence-electron chi connectivity index (χ0n) is 14.5. The van der Waals surface area contributed by atoms with Crippen LogP contribution in [0.1, 0.15) is 83.1 Å². The van der Waals surface area contributed by atoms with Crippen LogP contribution < -0.4 is 5.32 Å². The lowest BCUT2D eigenvalue weighted by molar-refractivity contribution is -0.116. The van der Waals surface area contributed by atoms with Gasteiger partial charge in [-0.3, -0.25) is 4.79 Å². The number of nitrogens with one attached hydrogen (secondary N) is 1. The molecule has 1 N–H and O–H groups in total. The lowest BCUT2D eigenvalue weighted by atomic mass is 10.1. The van der Waals surface area contributed by atoms with Crippen LogP contribution in [-0.2, 0) is 4.79 Å². The first-order valence-corrected chi connectivity index (χ1v) is 9.09. The van der Waals surface area contributed by atoms with E-state index in [0.29, 0.717) is 6.42 Å². The molecule has 1 aromatic rings. The van der Waals surface area contributed by atoms with E-state index < -0.39 is 0 Å². The lowest BCUT2D eigenvalue weighted by Crippen LogP contribution is -2.10. The monoisotopic (exact) mass is 303 g/mol. The van der Waals surface area contributed by atoms with Gasteiger partial charge in [-0.25, -0.2) is 0 Å². The molecule has 0 saturated heterocycles. The minimum atomic E-state index is 0.142. The fraction of sp³-hybridized carbons (Fsp3) is 0.650. The van der Waals surface area contributed by atoms with Crippen LogP contribution in [0.2, 0.25) is 0 Å². The highest BCUT2D eigenvalue weighted by atomic mass is 16.1. The van der Waals surface area contributed by atoms with Gasteiger partial charge in [0.15, 0.2) is 0 Å². The Balaban J connectivity index is 1.93. The Bertz CT molecular complexity index is 397. The number of carbonyl (C=O) groups is 1. The fourth-order valence-corrected chi connectivity index (χ4v) is 2.63. The highest BCUT2D eigenvalue weighted by Gasteiger charge is 2.02. The summed E-state index contributed by atoms with van der Waals surface area (Å²) in [6.45, 7) is 4.31. The van der Waals surface area contributed by atoms with Crippen LogP contribution in [0.15, 0.2) is 24.3 Å². The van der Waals surface area contributed by atoms with E-state index in [1.54, 1.807) is 0 Å². The second-order valence-electron chi connectivity index (χ2n) is 6.35. The van der Waals surface area contributed by atoms with Gasteiger partial charge in [-0.2, -0.15) is 0 Å². The molecular weight excluding hydrogens is 270 g/mol. The quantitative estimate of drug-likeness (QED) is 0.455. The minimum absolute atomic E-state index is 0.142. The Morgan fingerprint density at radius 2 is 1.32 bits per heavy atom. The molecule has 0 aliphatic carbocycles. The molecule has 0 heterocycles. The minimum Gasteiger partial charge on any atom is -0.326 e. The Hall–Kier alpha value is -1.31. The average molecular weight is 303 g/mol. The number of rotatable bonds is 12. The second kappa shape index (κ2) is 12.3. The van der Waals surface area contributed by atoms with E-state index in [4.69, 9.17) is 0 Å². The van der Waals surface area contributed by atoms with Crippen LogP contribution in [0.5, 0.6) is 0 Å². The van der Waals surface area contributed by atoms with Crippen LogP contribution in [-0.4, -0.2) is 5.91 Å². The van der Waals surface area contributed by atoms with Crippen molar-refractivity contribution >= 4 is 11.6 Å². The van der Waals surface area contributed by atoms with Gasteiger partial charge in [0.2, 0.25) is 5.91 Å². The van der Waals surface area contributed by atoms with Crippen LogP contribution in [0.4, 0.5) is 5.69 Å². The summed E-state index contributed by atoms with van der Waals surface area (Å²) < 4.78 is 0. The third-order valence-electron chi connectivity index (χ3n) is 4.09. The Labute approximate surface area is 136 Å². The summed E-state index contributed by atoms with van der Waals surface area (Å²) >= 11 is 0. The van der Waals surface area contributed by atoms with Gasteiger partial charge < -0.3 is 5.32 Å². The number of anilines is 1. The number of aryl methyl sites for hydroxylation is 1. The summed E-state index contributed by atoms with van der Waals surface area (Å²) in [7, 11) is 0. The molecule has 0 bridgehead atoms. The molecule has 0 fully saturated rings. The molecule has 0 radical (unpaired) electrons. The summed E-state index contributed by atoms with van der Waals surface area (Å²) in [5, 5.41) is 2.96. The molecule has 2 heteroatoms. The predicted octanol–water partition coefficient (Wildman–Crippen LogP) is 6.24.